The molecule has 0 saturated carbocycles. The van der Waals surface area contributed by atoms with E-state index >= 15 is 0 Å². The lowest BCUT2D eigenvalue weighted by Gasteiger charge is -2.42. The number of aryl methyl sites for hydroxylation is 1. The van der Waals surface area contributed by atoms with Gasteiger partial charge in [-0.15, -0.1) is 0 Å². The third-order valence-corrected chi connectivity index (χ3v) is 6.73. The summed E-state index contributed by atoms with van der Waals surface area (Å²) in [5, 5.41) is 0.685. The number of amides is 1. The number of nitrogens with zero attached hydrogens (tertiary/aromatic N) is 3. The molecule has 1 aliphatic rings. The van der Waals surface area contributed by atoms with Crippen LogP contribution in [0.25, 0.3) is 10.1 Å². The molecule has 1 saturated heterocycles. The Labute approximate surface area is 169 Å². The van der Waals surface area contributed by atoms with E-state index in [4.69, 9.17) is 0 Å². The Bertz CT molecular complexity index is 1070. The molecule has 1 amide bonds. The zero-order valence-electron chi connectivity index (χ0n) is 16.5. The van der Waals surface area contributed by atoms with Gasteiger partial charge in [-0.3, -0.25) is 13.5 Å². The molecular formula is C22H25N3O2S. The number of piperazine rings is 1. The van der Waals surface area contributed by atoms with Crippen molar-refractivity contribution >= 4 is 33.2 Å². The lowest BCUT2D eigenvalue weighted by Crippen LogP contribution is -2.55. The molecule has 0 radical (unpaired) electrons. The average molecular weight is 396 g/mol. The van der Waals surface area contributed by atoms with Crippen LogP contribution in [0.4, 0.5) is 5.69 Å². The first-order valence-corrected chi connectivity index (χ1v) is 10.5. The van der Waals surface area contributed by atoms with Crippen molar-refractivity contribution in [2.45, 2.75) is 32.9 Å². The summed E-state index contributed by atoms with van der Waals surface area (Å²) in [6.45, 7) is 8.20. The maximum Gasteiger partial charge on any atom is 0.269 e. The van der Waals surface area contributed by atoms with Crippen LogP contribution in [-0.2, 0) is 4.79 Å². The van der Waals surface area contributed by atoms with Crippen molar-refractivity contribution in [3.05, 3.63) is 64.4 Å². The second-order valence-electron chi connectivity index (χ2n) is 7.56. The van der Waals surface area contributed by atoms with Gasteiger partial charge >= 0.3 is 0 Å². The minimum absolute atomic E-state index is 0.0180. The zero-order chi connectivity index (χ0) is 19.8. The second-order valence-corrected chi connectivity index (χ2v) is 8.58. The van der Waals surface area contributed by atoms with Crippen LogP contribution in [0, 0.1) is 6.92 Å². The van der Waals surface area contributed by atoms with Gasteiger partial charge in [-0.05, 0) is 50.6 Å². The molecule has 0 unspecified atom stereocenters. The van der Waals surface area contributed by atoms with Crippen molar-refractivity contribution in [1.82, 2.24) is 8.86 Å². The van der Waals surface area contributed by atoms with E-state index in [1.165, 1.54) is 22.8 Å². The Kier molecular flexibility index (Phi) is 4.98. The SMILES string of the molecule is Cc1cccc(N2CCN(C(=O)[C@H](C)n3sc4ccccc4c3=O)C[C@@H]2C)c1. The minimum atomic E-state index is -0.484. The Morgan fingerprint density at radius 3 is 2.64 bits per heavy atom. The van der Waals surface area contributed by atoms with E-state index in [-0.39, 0.29) is 17.5 Å². The Hall–Kier alpha value is -2.60. The maximum atomic E-state index is 13.1. The van der Waals surface area contributed by atoms with Crippen molar-refractivity contribution in [2.24, 2.45) is 0 Å². The molecule has 146 valence electrons. The zero-order valence-corrected chi connectivity index (χ0v) is 17.3. The molecule has 1 aliphatic heterocycles. The van der Waals surface area contributed by atoms with Gasteiger partial charge in [-0.2, -0.15) is 0 Å². The molecule has 5 nitrogen and oxygen atoms in total. The van der Waals surface area contributed by atoms with E-state index < -0.39 is 6.04 Å². The summed E-state index contributed by atoms with van der Waals surface area (Å²) in [4.78, 5) is 30.1. The summed E-state index contributed by atoms with van der Waals surface area (Å²) >= 11 is 1.37. The summed E-state index contributed by atoms with van der Waals surface area (Å²) in [7, 11) is 0. The number of fused-ring (bicyclic) bond motifs is 1. The monoisotopic (exact) mass is 395 g/mol. The minimum Gasteiger partial charge on any atom is -0.365 e. The first-order chi connectivity index (χ1) is 13.5. The van der Waals surface area contributed by atoms with E-state index in [0.717, 1.165) is 11.2 Å². The average Bonchev–Trinajstić information content (AvgIpc) is 3.03. The summed E-state index contributed by atoms with van der Waals surface area (Å²) in [5.74, 6) is 0.0180. The molecule has 3 aromatic rings. The smallest absolute Gasteiger partial charge is 0.269 e. The largest absolute Gasteiger partial charge is 0.365 e. The van der Waals surface area contributed by atoms with E-state index in [1.807, 2.05) is 36.1 Å². The molecule has 4 rings (SSSR count). The number of aromatic nitrogens is 1. The van der Waals surface area contributed by atoms with E-state index in [9.17, 15) is 9.59 Å². The highest BCUT2D eigenvalue weighted by molar-refractivity contribution is 7.14. The lowest BCUT2D eigenvalue weighted by atomic mass is 10.1. The molecule has 0 spiro atoms. The molecule has 1 fully saturated rings. The summed E-state index contributed by atoms with van der Waals surface area (Å²) in [6, 6.07) is 15.8. The Balaban J connectivity index is 1.51. The molecule has 6 heteroatoms. The van der Waals surface area contributed by atoms with E-state index in [1.54, 1.807) is 3.96 Å². The second kappa shape index (κ2) is 7.43. The van der Waals surface area contributed by atoms with Gasteiger partial charge in [0.15, 0.2) is 0 Å². The highest BCUT2D eigenvalue weighted by atomic mass is 32.1. The fraction of sp³-hybridized carbons (Fsp3) is 0.364. The predicted molar refractivity (Wildman–Crippen MR) is 115 cm³/mol. The van der Waals surface area contributed by atoms with E-state index in [0.29, 0.717) is 18.5 Å². The van der Waals surface area contributed by atoms with Crippen molar-refractivity contribution in [3.8, 4) is 0 Å². The molecule has 1 aromatic heterocycles. The molecule has 28 heavy (non-hydrogen) atoms. The highest BCUT2D eigenvalue weighted by Gasteiger charge is 2.31. The van der Waals surface area contributed by atoms with Crippen molar-refractivity contribution < 1.29 is 4.79 Å². The van der Waals surface area contributed by atoms with Gasteiger partial charge in [0, 0.05) is 31.4 Å². The van der Waals surface area contributed by atoms with Gasteiger partial charge in [0.25, 0.3) is 5.56 Å². The highest BCUT2D eigenvalue weighted by Crippen LogP contribution is 2.24. The fourth-order valence-corrected chi connectivity index (χ4v) is 4.99. The van der Waals surface area contributed by atoms with Gasteiger partial charge in [0.2, 0.25) is 5.91 Å². The first kappa shape index (κ1) is 18.7. The number of rotatable bonds is 3. The van der Waals surface area contributed by atoms with E-state index in [2.05, 4.69) is 43.0 Å². The van der Waals surface area contributed by atoms with Crippen molar-refractivity contribution in [1.29, 1.82) is 0 Å². The molecule has 0 N–H and O–H groups in total. The summed E-state index contributed by atoms with van der Waals surface area (Å²) in [6.07, 6.45) is 0. The quantitative estimate of drug-likeness (QED) is 0.680. The van der Waals surface area contributed by atoms with Crippen molar-refractivity contribution in [3.63, 3.8) is 0 Å². The molecular weight excluding hydrogens is 370 g/mol. The molecule has 0 bridgehead atoms. The lowest BCUT2D eigenvalue weighted by molar-refractivity contribution is -0.134. The molecule has 2 atom stereocenters. The van der Waals surface area contributed by atoms with Crippen LogP contribution in [0.1, 0.15) is 25.5 Å². The van der Waals surface area contributed by atoms with Crippen LogP contribution >= 0.6 is 11.5 Å². The summed E-state index contributed by atoms with van der Waals surface area (Å²) in [5.41, 5.74) is 2.36. The van der Waals surface area contributed by atoms with Crippen LogP contribution in [0.15, 0.2) is 53.3 Å². The van der Waals surface area contributed by atoms with Crippen molar-refractivity contribution in [2.75, 3.05) is 24.5 Å². The van der Waals surface area contributed by atoms with Gasteiger partial charge in [-0.25, -0.2) is 0 Å². The first-order valence-electron chi connectivity index (χ1n) is 9.68. The topological polar surface area (TPSA) is 45.5 Å². The standard InChI is InChI=1S/C22H25N3O2S/c1-15-7-6-8-18(13-15)24-12-11-23(14-16(24)2)21(26)17(3)25-22(27)19-9-4-5-10-20(19)28-25/h4-10,13,16-17H,11-12,14H2,1-3H3/t16-,17-/m0/s1. The third-order valence-electron chi connectivity index (χ3n) is 5.50. The summed E-state index contributed by atoms with van der Waals surface area (Å²) < 4.78 is 2.54. The van der Waals surface area contributed by atoms with Crippen LogP contribution in [-0.4, -0.2) is 40.4 Å². The molecule has 2 aromatic carbocycles. The van der Waals surface area contributed by atoms with Crippen LogP contribution in [0.5, 0.6) is 0 Å². The van der Waals surface area contributed by atoms with Gasteiger partial charge in [0.1, 0.15) is 6.04 Å². The van der Waals surface area contributed by atoms with Gasteiger partial charge in [-0.1, -0.05) is 35.8 Å². The van der Waals surface area contributed by atoms with Crippen LogP contribution < -0.4 is 10.5 Å². The number of carbonyl (C=O) groups excluding carboxylic acids is 1. The number of anilines is 1. The third kappa shape index (κ3) is 3.33. The Morgan fingerprint density at radius 1 is 1.14 bits per heavy atom. The number of hydrogen-bond donors (Lipinski definition) is 0. The van der Waals surface area contributed by atoms with Gasteiger partial charge in [0.05, 0.1) is 10.1 Å². The normalized spacial score (nSPS) is 18.5. The maximum absolute atomic E-state index is 13.1. The molecule has 0 aliphatic carbocycles. The molecule has 2 heterocycles. The van der Waals surface area contributed by atoms with Gasteiger partial charge < -0.3 is 9.80 Å². The van der Waals surface area contributed by atoms with Crippen LogP contribution in [0.2, 0.25) is 0 Å². The number of hydrogen-bond acceptors (Lipinski definition) is 4. The Morgan fingerprint density at radius 2 is 1.93 bits per heavy atom. The van der Waals surface area contributed by atoms with Crippen LogP contribution in [0.3, 0.4) is 0 Å². The fourth-order valence-electron chi connectivity index (χ4n) is 3.96. The predicted octanol–water partition coefficient (Wildman–Crippen LogP) is 3.67. The number of benzene rings is 2. The number of carbonyl (C=O) groups is 1.